The zero-order valence-corrected chi connectivity index (χ0v) is 12.0. The van der Waals surface area contributed by atoms with Crippen molar-refractivity contribution in [2.45, 2.75) is 31.7 Å². The van der Waals surface area contributed by atoms with Crippen LogP contribution in [0.3, 0.4) is 0 Å². The number of piperidine rings is 1. The standard InChI is InChI=1S/C19H21N/c1-13-6-4-7-14(12-13)18-15-8-2-3-9-16(15)19-17(18)10-5-11-20-19/h2-4,6-9,12,17-20H,5,10-11H2,1H3/t17-,18+,19+/m0/s1. The summed E-state index contributed by atoms with van der Waals surface area (Å²) >= 11 is 0. The first-order chi connectivity index (χ1) is 9.84. The topological polar surface area (TPSA) is 12.0 Å². The molecule has 0 saturated carbocycles. The van der Waals surface area contributed by atoms with E-state index in [4.69, 9.17) is 0 Å². The summed E-state index contributed by atoms with van der Waals surface area (Å²) in [6.45, 7) is 3.36. The quantitative estimate of drug-likeness (QED) is 0.814. The highest BCUT2D eigenvalue weighted by molar-refractivity contribution is 5.46. The Kier molecular flexibility index (Phi) is 2.89. The first kappa shape index (κ1) is 12.2. The number of rotatable bonds is 1. The van der Waals surface area contributed by atoms with Crippen molar-refractivity contribution in [1.82, 2.24) is 5.32 Å². The van der Waals surface area contributed by atoms with E-state index >= 15 is 0 Å². The second kappa shape index (κ2) is 4.75. The SMILES string of the molecule is Cc1cccc([C@@H]2c3ccccc3[C@H]3NCCC[C@@H]23)c1. The third kappa shape index (κ3) is 1.81. The molecule has 1 aliphatic heterocycles. The maximum absolute atomic E-state index is 3.75. The Hall–Kier alpha value is -1.60. The zero-order chi connectivity index (χ0) is 13.5. The van der Waals surface area contributed by atoms with Crippen molar-refractivity contribution in [2.75, 3.05) is 6.54 Å². The van der Waals surface area contributed by atoms with Crippen molar-refractivity contribution < 1.29 is 0 Å². The van der Waals surface area contributed by atoms with Crippen molar-refractivity contribution in [3.63, 3.8) is 0 Å². The van der Waals surface area contributed by atoms with Crippen molar-refractivity contribution >= 4 is 0 Å². The van der Waals surface area contributed by atoms with Gasteiger partial charge in [-0.3, -0.25) is 0 Å². The smallest absolute Gasteiger partial charge is 0.0360 e. The van der Waals surface area contributed by atoms with Gasteiger partial charge in [0.15, 0.2) is 0 Å². The van der Waals surface area contributed by atoms with Crippen molar-refractivity contribution in [3.8, 4) is 0 Å². The second-order valence-corrected chi connectivity index (χ2v) is 6.26. The summed E-state index contributed by atoms with van der Waals surface area (Å²) in [5.74, 6) is 1.30. The largest absolute Gasteiger partial charge is 0.310 e. The van der Waals surface area contributed by atoms with Crippen LogP contribution in [0.4, 0.5) is 0 Å². The molecule has 1 heterocycles. The lowest BCUT2D eigenvalue weighted by Gasteiger charge is -2.31. The number of nitrogens with one attached hydrogen (secondary N) is 1. The van der Waals surface area contributed by atoms with Gasteiger partial charge in [0.1, 0.15) is 0 Å². The lowest BCUT2D eigenvalue weighted by molar-refractivity contribution is 0.287. The highest BCUT2D eigenvalue weighted by atomic mass is 14.9. The van der Waals surface area contributed by atoms with E-state index in [1.165, 1.54) is 29.5 Å². The Morgan fingerprint density at radius 3 is 2.70 bits per heavy atom. The first-order valence-corrected chi connectivity index (χ1v) is 7.73. The van der Waals surface area contributed by atoms with E-state index < -0.39 is 0 Å². The normalized spacial score (nSPS) is 27.9. The fraction of sp³-hybridized carbons (Fsp3) is 0.368. The van der Waals surface area contributed by atoms with E-state index in [2.05, 4.69) is 60.8 Å². The predicted molar refractivity (Wildman–Crippen MR) is 82.9 cm³/mol. The average molecular weight is 263 g/mol. The highest BCUT2D eigenvalue weighted by Gasteiger charge is 2.41. The van der Waals surface area contributed by atoms with Gasteiger partial charge in [-0.25, -0.2) is 0 Å². The molecule has 1 N–H and O–H groups in total. The van der Waals surface area contributed by atoms with Crippen LogP contribution in [0.25, 0.3) is 0 Å². The van der Waals surface area contributed by atoms with Crippen molar-refractivity contribution in [1.29, 1.82) is 0 Å². The number of aryl methyl sites for hydroxylation is 1. The molecule has 1 nitrogen and oxygen atoms in total. The van der Waals surface area contributed by atoms with Crippen LogP contribution < -0.4 is 5.32 Å². The average Bonchev–Trinajstić information content (AvgIpc) is 2.82. The lowest BCUT2D eigenvalue weighted by Crippen LogP contribution is -2.32. The molecule has 1 heteroatoms. The Bertz CT molecular complexity index is 631. The van der Waals surface area contributed by atoms with Crippen LogP contribution in [-0.4, -0.2) is 6.54 Å². The van der Waals surface area contributed by atoms with Crippen LogP contribution in [0.1, 0.15) is 47.1 Å². The van der Waals surface area contributed by atoms with Crippen molar-refractivity contribution in [2.24, 2.45) is 5.92 Å². The number of fused-ring (bicyclic) bond motifs is 3. The summed E-state index contributed by atoms with van der Waals surface area (Å²) < 4.78 is 0. The van der Waals surface area contributed by atoms with Gasteiger partial charge in [0.25, 0.3) is 0 Å². The molecule has 4 rings (SSSR count). The maximum Gasteiger partial charge on any atom is 0.0360 e. The van der Waals surface area contributed by atoms with E-state index in [1.54, 1.807) is 5.56 Å². The maximum atomic E-state index is 3.75. The minimum Gasteiger partial charge on any atom is -0.310 e. The van der Waals surface area contributed by atoms with Crippen LogP contribution in [-0.2, 0) is 0 Å². The summed E-state index contributed by atoms with van der Waals surface area (Å²) in [6.07, 6.45) is 2.64. The van der Waals surface area contributed by atoms with Gasteiger partial charge in [0.05, 0.1) is 0 Å². The van der Waals surface area contributed by atoms with E-state index in [9.17, 15) is 0 Å². The zero-order valence-electron chi connectivity index (χ0n) is 12.0. The molecule has 2 aromatic rings. The summed E-state index contributed by atoms with van der Waals surface area (Å²) in [5, 5.41) is 3.75. The van der Waals surface area contributed by atoms with Crippen LogP contribution in [0.5, 0.6) is 0 Å². The summed E-state index contributed by atoms with van der Waals surface area (Å²) in [4.78, 5) is 0. The number of hydrogen-bond acceptors (Lipinski definition) is 1. The molecule has 3 atom stereocenters. The molecular weight excluding hydrogens is 242 g/mol. The number of benzene rings is 2. The van der Waals surface area contributed by atoms with E-state index in [0.717, 1.165) is 12.5 Å². The van der Waals surface area contributed by atoms with E-state index in [-0.39, 0.29) is 0 Å². The van der Waals surface area contributed by atoms with Gasteiger partial charge in [-0.15, -0.1) is 0 Å². The third-order valence-electron chi connectivity index (χ3n) is 5.00. The molecule has 0 radical (unpaired) electrons. The lowest BCUT2D eigenvalue weighted by atomic mass is 9.80. The Balaban J connectivity index is 1.85. The minimum atomic E-state index is 0.561. The molecule has 0 amide bonds. The van der Waals surface area contributed by atoms with E-state index in [1.807, 2.05) is 0 Å². The molecule has 1 saturated heterocycles. The van der Waals surface area contributed by atoms with Gasteiger partial charge in [0.2, 0.25) is 0 Å². The van der Waals surface area contributed by atoms with Crippen molar-refractivity contribution in [3.05, 3.63) is 70.8 Å². The molecule has 0 spiro atoms. The number of hydrogen-bond donors (Lipinski definition) is 1. The molecule has 2 aliphatic rings. The Morgan fingerprint density at radius 1 is 1.00 bits per heavy atom. The van der Waals surface area contributed by atoms with Crippen LogP contribution in [0.2, 0.25) is 0 Å². The second-order valence-electron chi connectivity index (χ2n) is 6.26. The molecule has 1 fully saturated rings. The molecule has 20 heavy (non-hydrogen) atoms. The minimum absolute atomic E-state index is 0.561. The fourth-order valence-electron chi connectivity index (χ4n) is 4.21. The Labute approximate surface area is 121 Å². The van der Waals surface area contributed by atoms with Crippen LogP contribution in [0.15, 0.2) is 48.5 Å². The summed E-state index contributed by atoms with van der Waals surface area (Å²) in [7, 11) is 0. The van der Waals surface area contributed by atoms with Gasteiger partial charge < -0.3 is 5.32 Å². The molecule has 102 valence electrons. The fourth-order valence-corrected chi connectivity index (χ4v) is 4.21. The summed E-state index contributed by atoms with van der Waals surface area (Å²) in [5.41, 5.74) is 5.94. The predicted octanol–water partition coefficient (Wildman–Crippen LogP) is 4.18. The first-order valence-electron chi connectivity index (χ1n) is 7.73. The highest BCUT2D eigenvalue weighted by Crippen LogP contribution is 2.51. The van der Waals surface area contributed by atoms with Gasteiger partial charge >= 0.3 is 0 Å². The molecular formula is C19H21N. The van der Waals surface area contributed by atoms with E-state index in [0.29, 0.717) is 12.0 Å². The summed E-state index contributed by atoms with van der Waals surface area (Å²) in [6, 6.07) is 18.7. The molecule has 0 aromatic heterocycles. The monoisotopic (exact) mass is 263 g/mol. The van der Waals surface area contributed by atoms with Gasteiger partial charge in [-0.1, -0.05) is 54.1 Å². The molecule has 1 aliphatic carbocycles. The van der Waals surface area contributed by atoms with Gasteiger partial charge in [0, 0.05) is 12.0 Å². The van der Waals surface area contributed by atoms with Crippen LogP contribution >= 0.6 is 0 Å². The Morgan fingerprint density at radius 2 is 1.85 bits per heavy atom. The molecule has 0 unspecified atom stereocenters. The molecule has 2 aromatic carbocycles. The van der Waals surface area contributed by atoms with Gasteiger partial charge in [-0.2, -0.15) is 0 Å². The van der Waals surface area contributed by atoms with Crippen LogP contribution in [0, 0.1) is 12.8 Å². The molecule has 0 bridgehead atoms. The third-order valence-corrected chi connectivity index (χ3v) is 5.00. The van der Waals surface area contributed by atoms with Gasteiger partial charge in [-0.05, 0) is 48.9 Å².